The Labute approximate surface area is 157 Å². The van der Waals surface area contributed by atoms with Gasteiger partial charge in [-0.2, -0.15) is 0 Å². The van der Waals surface area contributed by atoms with Gasteiger partial charge in [-0.1, -0.05) is 43.9 Å². The molecule has 1 aromatic heterocycles. The molecule has 1 heterocycles. The van der Waals surface area contributed by atoms with E-state index in [0.717, 1.165) is 22.1 Å². The average molecular weight is 402 g/mol. The van der Waals surface area contributed by atoms with E-state index < -0.39 is 10.0 Å². The first-order chi connectivity index (χ1) is 11.8. The molecule has 6 nitrogen and oxygen atoms in total. The van der Waals surface area contributed by atoms with E-state index in [1.807, 2.05) is 13.8 Å². The molecule has 9 heteroatoms. The van der Waals surface area contributed by atoms with Crippen molar-refractivity contribution in [3.8, 4) is 5.75 Å². The highest BCUT2D eigenvalue weighted by Crippen LogP contribution is 2.33. The van der Waals surface area contributed by atoms with E-state index in [4.69, 9.17) is 4.74 Å². The Bertz CT molecular complexity index is 832. The molecule has 0 aliphatic heterocycles. The minimum absolute atomic E-state index is 0.142. The van der Waals surface area contributed by atoms with Crippen molar-refractivity contribution in [3.63, 3.8) is 0 Å². The molecule has 1 N–H and O–H groups in total. The second kappa shape index (κ2) is 8.37. The monoisotopic (exact) mass is 401 g/mol. The number of aryl methyl sites for hydroxylation is 1. The van der Waals surface area contributed by atoms with Gasteiger partial charge in [-0.05, 0) is 42.5 Å². The molecule has 0 saturated heterocycles. The van der Waals surface area contributed by atoms with Gasteiger partial charge in [0.2, 0.25) is 5.13 Å². The van der Waals surface area contributed by atoms with E-state index in [2.05, 4.69) is 21.8 Å². The number of aromatic nitrogens is 2. The van der Waals surface area contributed by atoms with E-state index in [9.17, 15) is 8.42 Å². The Hall–Kier alpha value is -1.32. The number of nitrogens with zero attached hydrogens (tertiary/aromatic N) is 2. The molecule has 25 heavy (non-hydrogen) atoms. The van der Waals surface area contributed by atoms with Crippen molar-refractivity contribution in [2.45, 2.75) is 49.3 Å². The Morgan fingerprint density at radius 1 is 1.32 bits per heavy atom. The van der Waals surface area contributed by atoms with Crippen LogP contribution in [-0.2, 0) is 10.0 Å². The first-order valence-electron chi connectivity index (χ1n) is 7.96. The molecule has 0 fully saturated rings. The topological polar surface area (TPSA) is 81.2 Å². The number of rotatable bonds is 8. The van der Waals surface area contributed by atoms with E-state index in [1.54, 1.807) is 37.9 Å². The highest BCUT2D eigenvalue weighted by Gasteiger charge is 2.22. The van der Waals surface area contributed by atoms with Crippen LogP contribution in [0, 0.1) is 6.92 Å². The molecule has 2 rings (SSSR count). The normalized spacial score (nSPS) is 11.8. The molecule has 138 valence electrons. The Kier molecular flexibility index (Phi) is 6.70. The number of sulfonamides is 1. The van der Waals surface area contributed by atoms with Crippen molar-refractivity contribution in [2.75, 3.05) is 17.6 Å². The number of methoxy groups -OCH3 is 1. The van der Waals surface area contributed by atoms with Gasteiger partial charge in [-0.15, -0.1) is 10.2 Å². The fourth-order valence-electron chi connectivity index (χ4n) is 2.26. The second-order valence-corrected chi connectivity index (χ2v) is 9.81. The van der Waals surface area contributed by atoms with Crippen molar-refractivity contribution in [1.82, 2.24) is 10.2 Å². The molecule has 0 aliphatic rings. The van der Waals surface area contributed by atoms with Crippen LogP contribution in [0.15, 0.2) is 21.4 Å². The van der Waals surface area contributed by atoms with Crippen LogP contribution in [0.3, 0.4) is 0 Å². The lowest BCUT2D eigenvalue weighted by Gasteiger charge is -2.16. The summed E-state index contributed by atoms with van der Waals surface area (Å²) in [7, 11) is -2.15. The van der Waals surface area contributed by atoms with Crippen LogP contribution >= 0.6 is 23.1 Å². The van der Waals surface area contributed by atoms with E-state index in [1.165, 1.54) is 11.3 Å². The summed E-state index contributed by atoms with van der Waals surface area (Å²) in [6, 6.07) is 3.43. The molecule has 1 aromatic carbocycles. The highest BCUT2D eigenvalue weighted by molar-refractivity contribution is 8.01. The van der Waals surface area contributed by atoms with Crippen LogP contribution in [0.2, 0.25) is 0 Å². The minimum Gasteiger partial charge on any atom is -0.496 e. The van der Waals surface area contributed by atoms with Crippen molar-refractivity contribution in [1.29, 1.82) is 0 Å². The van der Waals surface area contributed by atoms with Crippen molar-refractivity contribution >= 4 is 38.3 Å². The second-order valence-electron chi connectivity index (χ2n) is 5.84. The summed E-state index contributed by atoms with van der Waals surface area (Å²) in [6.45, 7) is 7.83. The Morgan fingerprint density at radius 2 is 2.04 bits per heavy atom. The number of anilines is 1. The zero-order chi connectivity index (χ0) is 18.6. The van der Waals surface area contributed by atoms with Gasteiger partial charge in [0.05, 0.1) is 12.0 Å². The van der Waals surface area contributed by atoms with Crippen LogP contribution < -0.4 is 9.46 Å². The maximum Gasteiger partial charge on any atom is 0.263 e. The summed E-state index contributed by atoms with van der Waals surface area (Å²) < 4.78 is 34.3. The molecular weight excluding hydrogens is 378 g/mol. The molecule has 0 radical (unpaired) electrons. The SMILES string of the molecule is CCCSc1nnc(NS(=O)(=O)c2cc(C(C)C)c(OC)cc2C)s1. The fourth-order valence-corrected chi connectivity index (χ4v) is 5.43. The Morgan fingerprint density at radius 3 is 2.64 bits per heavy atom. The third-order valence-corrected chi connectivity index (χ3v) is 7.28. The van der Waals surface area contributed by atoms with Gasteiger partial charge >= 0.3 is 0 Å². The van der Waals surface area contributed by atoms with Crippen molar-refractivity contribution in [2.24, 2.45) is 0 Å². The molecule has 0 spiro atoms. The molecule has 0 unspecified atom stereocenters. The van der Waals surface area contributed by atoms with Gasteiger partial charge in [0.1, 0.15) is 5.75 Å². The lowest BCUT2D eigenvalue weighted by atomic mass is 10.0. The molecule has 0 saturated carbocycles. The molecular formula is C16H23N3O3S3. The highest BCUT2D eigenvalue weighted by atomic mass is 32.2. The maximum atomic E-state index is 12.8. The van der Waals surface area contributed by atoms with Crippen molar-refractivity contribution < 1.29 is 13.2 Å². The van der Waals surface area contributed by atoms with E-state index >= 15 is 0 Å². The van der Waals surface area contributed by atoms with Crippen LogP contribution in [0.25, 0.3) is 0 Å². The van der Waals surface area contributed by atoms with Gasteiger partial charge in [-0.3, -0.25) is 4.72 Å². The van der Waals surface area contributed by atoms with Gasteiger partial charge in [0, 0.05) is 5.75 Å². The first-order valence-corrected chi connectivity index (χ1v) is 11.2. The Balaban J connectivity index is 2.33. The maximum absolute atomic E-state index is 12.8. The molecule has 0 amide bonds. The minimum atomic E-state index is -3.74. The van der Waals surface area contributed by atoms with Crippen LogP contribution in [0.5, 0.6) is 5.75 Å². The fraction of sp³-hybridized carbons (Fsp3) is 0.500. The standard InChI is InChI=1S/C16H23N3O3S3/c1-6-7-23-16-18-17-15(24-16)19-25(20,21)14-9-12(10(2)3)13(22-5)8-11(14)4/h8-10H,6-7H2,1-5H3,(H,17,19). The summed E-state index contributed by atoms with van der Waals surface area (Å²) in [4.78, 5) is 0.231. The predicted molar refractivity (Wildman–Crippen MR) is 104 cm³/mol. The summed E-state index contributed by atoms with van der Waals surface area (Å²) >= 11 is 2.82. The predicted octanol–water partition coefficient (Wildman–Crippen LogP) is 4.28. The van der Waals surface area contributed by atoms with Crippen LogP contribution in [-0.4, -0.2) is 31.5 Å². The largest absolute Gasteiger partial charge is 0.496 e. The van der Waals surface area contributed by atoms with E-state index in [-0.39, 0.29) is 15.9 Å². The van der Waals surface area contributed by atoms with Gasteiger partial charge in [0.25, 0.3) is 10.0 Å². The number of benzene rings is 1. The number of hydrogen-bond acceptors (Lipinski definition) is 7. The average Bonchev–Trinajstić information content (AvgIpc) is 2.98. The zero-order valence-corrected chi connectivity index (χ0v) is 17.4. The zero-order valence-electron chi connectivity index (χ0n) is 15.0. The lowest BCUT2D eigenvalue weighted by molar-refractivity contribution is 0.406. The van der Waals surface area contributed by atoms with Crippen LogP contribution in [0.4, 0.5) is 5.13 Å². The molecule has 2 aromatic rings. The molecule has 0 bridgehead atoms. The number of nitrogens with one attached hydrogen (secondary N) is 1. The number of hydrogen-bond donors (Lipinski definition) is 1. The summed E-state index contributed by atoms with van der Waals surface area (Å²) in [5, 5.41) is 8.22. The van der Waals surface area contributed by atoms with Gasteiger partial charge in [0.15, 0.2) is 4.34 Å². The van der Waals surface area contributed by atoms with E-state index in [0.29, 0.717) is 11.3 Å². The van der Waals surface area contributed by atoms with Crippen LogP contribution in [0.1, 0.15) is 44.2 Å². The van der Waals surface area contributed by atoms with Gasteiger partial charge in [-0.25, -0.2) is 8.42 Å². The summed E-state index contributed by atoms with van der Waals surface area (Å²) in [5.41, 5.74) is 1.48. The summed E-state index contributed by atoms with van der Waals surface area (Å²) in [5.74, 6) is 1.76. The number of thioether (sulfide) groups is 1. The molecule has 0 aliphatic carbocycles. The molecule has 0 atom stereocenters. The lowest BCUT2D eigenvalue weighted by Crippen LogP contribution is -2.15. The third kappa shape index (κ3) is 4.86. The summed E-state index contributed by atoms with van der Waals surface area (Å²) in [6.07, 6.45) is 1.02. The van der Waals surface area contributed by atoms with Crippen molar-refractivity contribution in [3.05, 3.63) is 23.3 Å². The third-order valence-electron chi connectivity index (χ3n) is 3.50. The first kappa shape index (κ1) is 20.0. The quantitative estimate of drug-likeness (QED) is 0.665. The smallest absolute Gasteiger partial charge is 0.263 e. The van der Waals surface area contributed by atoms with Gasteiger partial charge < -0.3 is 4.74 Å². The number of ether oxygens (including phenoxy) is 1.